The van der Waals surface area contributed by atoms with Gasteiger partial charge in [0.1, 0.15) is 24.1 Å². The first-order chi connectivity index (χ1) is 5.57. The van der Waals surface area contributed by atoms with Crippen molar-refractivity contribution in [2.45, 2.75) is 24.6 Å². The monoisotopic (exact) mass is 176 g/mol. The molecule has 1 aliphatic heterocycles. The highest BCUT2D eigenvalue weighted by Crippen LogP contribution is 2.22. The van der Waals surface area contributed by atoms with E-state index >= 15 is 0 Å². The van der Waals surface area contributed by atoms with Gasteiger partial charge in [-0.3, -0.25) is 0 Å². The van der Waals surface area contributed by atoms with E-state index in [1.54, 1.807) is 0 Å². The predicted molar refractivity (Wildman–Crippen MR) is 39.0 cm³/mol. The Bertz CT molecular complexity index is 179. The molecule has 4 atom stereocenters. The number of methoxy groups -OCH3 is 1. The molecule has 0 aromatic carbocycles. The molecule has 1 rings (SSSR count). The van der Waals surface area contributed by atoms with Gasteiger partial charge in [0.25, 0.3) is 0 Å². The smallest absolute Gasteiger partial charge is 0.228 e. The maximum atomic E-state index is 9.22. The minimum Gasteiger partial charge on any atom is -0.464 e. The zero-order valence-electron chi connectivity index (χ0n) is 6.67. The van der Waals surface area contributed by atoms with Crippen LogP contribution in [-0.2, 0) is 9.47 Å². The van der Waals surface area contributed by atoms with Gasteiger partial charge in [0.15, 0.2) is 0 Å². The van der Waals surface area contributed by atoms with Crippen LogP contribution in [-0.4, -0.2) is 47.0 Å². The predicted octanol–water partition coefficient (Wildman–Crippen LogP) is -1.41. The zero-order chi connectivity index (χ0) is 9.30. The van der Waals surface area contributed by atoms with Crippen LogP contribution in [0.5, 0.6) is 0 Å². The van der Waals surface area contributed by atoms with Crippen molar-refractivity contribution in [3.63, 3.8) is 0 Å². The number of hydrogen-bond donors (Lipinski definition) is 3. The van der Waals surface area contributed by atoms with Crippen molar-refractivity contribution in [3.05, 3.63) is 12.3 Å². The van der Waals surface area contributed by atoms with Crippen molar-refractivity contribution in [2.24, 2.45) is 0 Å². The second kappa shape index (κ2) is 3.40. The quantitative estimate of drug-likeness (QED) is 0.457. The number of hydrogen-bond acceptors (Lipinski definition) is 5. The Hall–Kier alpha value is -0.620. The van der Waals surface area contributed by atoms with E-state index in [0.29, 0.717) is 0 Å². The molecular weight excluding hydrogens is 164 g/mol. The number of aliphatic hydroxyl groups is 3. The summed E-state index contributed by atoms with van der Waals surface area (Å²) in [6.07, 6.45) is -4.78. The van der Waals surface area contributed by atoms with E-state index in [0.717, 1.165) is 0 Å². The fraction of sp³-hybridized carbons (Fsp3) is 0.714. The van der Waals surface area contributed by atoms with E-state index in [2.05, 4.69) is 11.3 Å². The lowest BCUT2D eigenvalue weighted by Gasteiger charge is -2.35. The van der Waals surface area contributed by atoms with Crippen LogP contribution in [0.2, 0.25) is 0 Å². The van der Waals surface area contributed by atoms with Gasteiger partial charge >= 0.3 is 0 Å². The third kappa shape index (κ3) is 1.44. The van der Waals surface area contributed by atoms with Gasteiger partial charge in [0.05, 0.1) is 0 Å². The lowest BCUT2D eigenvalue weighted by molar-refractivity contribution is -0.235. The topological polar surface area (TPSA) is 79.2 Å². The molecule has 1 saturated heterocycles. The summed E-state index contributed by atoms with van der Waals surface area (Å²) >= 11 is 0. The number of rotatable bonds is 1. The Morgan fingerprint density at radius 2 is 1.92 bits per heavy atom. The highest BCUT2D eigenvalue weighted by Gasteiger charge is 2.40. The molecule has 12 heavy (non-hydrogen) atoms. The molecular formula is C7H12O5. The Labute approximate surface area is 69.8 Å². The normalized spacial score (nSPS) is 42.5. The minimum atomic E-state index is -1.31. The van der Waals surface area contributed by atoms with E-state index in [1.807, 2.05) is 0 Å². The first-order valence-electron chi connectivity index (χ1n) is 3.50. The summed E-state index contributed by atoms with van der Waals surface area (Å²) in [5.41, 5.74) is 0. The van der Waals surface area contributed by atoms with Gasteiger partial charge in [-0.1, -0.05) is 6.58 Å². The molecule has 0 aliphatic carbocycles. The molecule has 3 N–H and O–H groups in total. The molecule has 0 aromatic heterocycles. The number of ether oxygens (including phenoxy) is 2. The molecule has 1 heterocycles. The Morgan fingerprint density at radius 3 is 2.42 bits per heavy atom. The van der Waals surface area contributed by atoms with E-state index < -0.39 is 24.6 Å². The molecule has 0 spiro atoms. The fourth-order valence-corrected chi connectivity index (χ4v) is 1.01. The van der Waals surface area contributed by atoms with Crippen LogP contribution >= 0.6 is 0 Å². The summed E-state index contributed by atoms with van der Waals surface area (Å²) in [7, 11) is 1.32. The fourth-order valence-electron chi connectivity index (χ4n) is 1.01. The molecule has 0 saturated carbocycles. The molecule has 1 fully saturated rings. The van der Waals surface area contributed by atoms with Crippen LogP contribution < -0.4 is 0 Å². The average molecular weight is 176 g/mol. The van der Waals surface area contributed by atoms with Crippen molar-refractivity contribution in [2.75, 3.05) is 7.11 Å². The van der Waals surface area contributed by atoms with Gasteiger partial charge in [0, 0.05) is 7.11 Å². The van der Waals surface area contributed by atoms with Crippen molar-refractivity contribution in [1.82, 2.24) is 0 Å². The van der Waals surface area contributed by atoms with Gasteiger partial charge < -0.3 is 24.8 Å². The lowest BCUT2D eigenvalue weighted by atomic mass is 10.0. The Balaban J connectivity index is 2.70. The van der Waals surface area contributed by atoms with Gasteiger partial charge in [-0.2, -0.15) is 0 Å². The average Bonchev–Trinajstić information content (AvgIpc) is 2.08. The van der Waals surface area contributed by atoms with Crippen LogP contribution in [0.4, 0.5) is 0 Å². The van der Waals surface area contributed by atoms with Gasteiger partial charge in [-0.25, -0.2) is 0 Å². The number of aliphatic hydroxyl groups excluding tert-OH is 3. The molecule has 0 radical (unpaired) electrons. The SMILES string of the molecule is C=C1O[C@H](OC)[C@H](O)[C@@H](O)[C@@H]1O. The van der Waals surface area contributed by atoms with Crippen LogP contribution in [0.3, 0.4) is 0 Å². The highest BCUT2D eigenvalue weighted by atomic mass is 16.7. The van der Waals surface area contributed by atoms with E-state index in [9.17, 15) is 10.2 Å². The minimum absolute atomic E-state index is 0.000324. The first-order valence-corrected chi connectivity index (χ1v) is 3.50. The highest BCUT2D eigenvalue weighted by molar-refractivity contribution is 5.03. The van der Waals surface area contributed by atoms with Crippen molar-refractivity contribution < 1.29 is 24.8 Å². The summed E-state index contributed by atoms with van der Waals surface area (Å²) in [5, 5.41) is 27.6. The molecule has 0 amide bonds. The maximum Gasteiger partial charge on any atom is 0.228 e. The standard InChI is InChI=1S/C7H12O5/c1-3-4(8)5(9)6(10)7(11-2)12-3/h4-10H,1H2,2H3/t4-,5+,6-,7+/m1/s1. The third-order valence-corrected chi connectivity index (χ3v) is 1.78. The van der Waals surface area contributed by atoms with E-state index in [-0.39, 0.29) is 5.76 Å². The van der Waals surface area contributed by atoms with Gasteiger partial charge in [-0.05, 0) is 0 Å². The van der Waals surface area contributed by atoms with Crippen LogP contribution in [0.1, 0.15) is 0 Å². The summed E-state index contributed by atoms with van der Waals surface area (Å²) in [4.78, 5) is 0. The molecule has 5 heteroatoms. The summed E-state index contributed by atoms with van der Waals surface area (Å²) in [6.45, 7) is 3.35. The Kier molecular flexibility index (Phi) is 2.69. The largest absolute Gasteiger partial charge is 0.464 e. The van der Waals surface area contributed by atoms with E-state index in [4.69, 9.17) is 9.84 Å². The summed E-state index contributed by atoms with van der Waals surface area (Å²) < 4.78 is 9.54. The molecule has 0 aromatic rings. The van der Waals surface area contributed by atoms with Crippen LogP contribution in [0.25, 0.3) is 0 Å². The second-order valence-electron chi connectivity index (χ2n) is 2.61. The molecule has 0 unspecified atom stereocenters. The maximum absolute atomic E-state index is 9.22. The van der Waals surface area contributed by atoms with Crippen molar-refractivity contribution in [1.29, 1.82) is 0 Å². The molecule has 5 nitrogen and oxygen atoms in total. The van der Waals surface area contributed by atoms with Crippen molar-refractivity contribution >= 4 is 0 Å². The Morgan fingerprint density at radius 1 is 1.33 bits per heavy atom. The zero-order valence-corrected chi connectivity index (χ0v) is 6.67. The van der Waals surface area contributed by atoms with Crippen LogP contribution in [0, 0.1) is 0 Å². The lowest BCUT2D eigenvalue weighted by Crippen LogP contribution is -2.52. The van der Waals surface area contributed by atoms with Gasteiger partial charge in [0.2, 0.25) is 6.29 Å². The molecule has 70 valence electrons. The third-order valence-electron chi connectivity index (χ3n) is 1.78. The summed E-state index contributed by atoms with van der Waals surface area (Å²) in [5.74, 6) is -0.000324. The van der Waals surface area contributed by atoms with Crippen LogP contribution in [0.15, 0.2) is 12.3 Å². The first kappa shape index (κ1) is 9.47. The molecule has 1 aliphatic rings. The summed E-state index contributed by atoms with van der Waals surface area (Å²) in [6, 6.07) is 0. The van der Waals surface area contributed by atoms with Gasteiger partial charge in [-0.15, -0.1) is 0 Å². The van der Waals surface area contributed by atoms with Crippen molar-refractivity contribution in [3.8, 4) is 0 Å². The van der Waals surface area contributed by atoms with E-state index in [1.165, 1.54) is 7.11 Å². The molecule has 0 bridgehead atoms. The second-order valence-corrected chi connectivity index (χ2v) is 2.61.